The average molecular weight is 444 g/mol. The van der Waals surface area contributed by atoms with Gasteiger partial charge >= 0.3 is 0 Å². The number of hydrogen-bond acceptors (Lipinski definition) is 6. The molecule has 3 rings (SSSR count). The molecular weight excluding hydrogens is 427 g/mol. The minimum atomic E-state index is -4.15. The summed E-state index contributed by atoms with van der Waals surface area (Å²) in [7, 11) is -4.15. The van der Waals surface area contributed by atoms with Crippen LogP contribution in [0.15, 0.2) is 65.6 Å². The lowest BCUT2D eigenvalue weighted by atomic mass is 10.1. The minimum Gasteiger partial charge on any atom is -0.366 e. The second kappa shape index (κ2) is 8.40. The van der Waals surface area contributed by atoms with Crippen LogP contribution in [0.25, 0.3) is 0 Å². The van der Waals surface area contributed by atoms with Crippen molar-refractivity contribution in [2.45, 2.75) is 11.8 Å². The van der Waals surface area contributed by atoms with Crippen LogP contribution in [-0.4, -0.2) is 19.2 Å². The largest absolute Gasteiger partial charge is 0.366 e. The highest BCUT2D eigenvalue weighted by Crippen LogP contribution is 2.31. The summed E-state index contributed by atoms with van der Waals surface area (Å²) in [4.78, 5) is 21.8. The predicted molar refractivity (Wildman–Crippen MR) is 113 cm³/mol. The van der Waals surface area contributed by atoms with E-state index < -0.39 is 32.4 Å². The zero-order chi connectivity index (χ0) is 22.8. The number of hydrogen-bond donors (Lipinski definition) is 3. The van der Waals surface area contributed by atoms with Crippen molar-refractivity contribution in [1.82, 2.24) is 0 Å². The van der Waals surface area contributed by atoms with Crippen LogP contribution in [0.5, 0.6) is 0 Å². The standard InChI is InChI=1S/C20H17FN4O5S/c1-12-6-8-14(23-17-9-7-13(20(22)26)10-18(17)25(27)28)11-19(12)31(29,30)24-16-5-3-2-4-15(16)21/h2-11,23-24H,1H3,(H2,22,26). The third-order valence-electron chi connectivity index (χ3n) is 4.35. The van der Waals surface area contributed by atoms with Gasteiger partial charge in [0, 0.05) is 17.3 Å². The van der Waals surface area contributed by atoms with E-state index in [0.717, 1.165) is 12.1 Å². The Bertz CT molecular complexity index is 1290. The summed E-state index contributed by atoms with van der Waals surface area (Å²) in [6, 6.07) is 13.3. The number of para-hydroxylation sites is 1. The lowest BCUT2D eigenvalue weighted by molar-refractivity contribution is -0.383. The van der Waals surface area contributed by atoms with Gasteiger partial charge in [0.15, 0.2) is 0 Å². The molecule has 0 heterocycles. The summed E-state index contributed by atoms with van der Waals surface area (Å²) < 4.78 is 41.7. The van der Waals surface area contributed by atoms with E-state index in [4.69, 9.17) is 5.73 Å². The topological polar surface area (TPSA) is 144 Å². The first-order valence-electron chi connectivity index (χ1n) is 8.82. The monoisotopic (exact) mass is 444 g/mol. The molecule has 9 nitrogen and oxygen atoms in total. The summed E-state index contributed by atoms with van der Waals surface area (Å²) in [5.74, 6) is -1.55. The average Bonchev–Trinajstić information content (AvgIpc) is 2.71. The Morgan fingerprint density at radius 2 is 1.77 bits per heavy atom. The lowest BCUT2D eigenvalue weighted by Gasteiger charge is -2.14. The van der Waals surface area contributed by atoms with Crippen molar-refractivity contribution in [2.75, 3.05) is 10.0 Å². The third-order valence-corrected chi connectivity index (χ3v) is 5.86. The fraction of sp³-hybridized carbons (Fsp3) is 0.0500. The molecule has 0 unspecified atom stereocenters. The number of nitro groups is 1. The molecule has 31 heavy (non-hydrogen) atoms. The van der Waals surface area contributed by atoms with Crippen LogP contribution in [0.2, 0.25) is 0 Å². The van der Waals surface area contributed by atoms with Crippen LogP contribution < -0.4 is 15.8 Å². The van der Waals surface area contributed by atoms with E-state index in [2.05, 4.69) is 10.0 Å². The number of sulfonamides is 1. The molecule has 0 saturated carbocycles. The highest BCUT2D eigenvalue weighted by Gasteiger charge is 2.21. The van der Waals surface area contributed by atoms with Crippen molar-refractivity contribution >= 4 is 38.7 Å². The van der Waals surface area contributed by atoms with Crippen molar-refractivity contribution in [3.63, 3.8) is 0 Å². The van der Waals surface area contributed by atoms with Crippen LogP contribution in [0.4, 0.5) is 27.1 Å². The number of nitrogens with zero attached hydrogens (tertiary/aromatic N) is 1. The van der Waals surface area contributed by atoms with Gasteiger partial charge in [-0.1, -0.05) is 18.2 Å². The van der Waals surface area contributed by atoms with Crippen molar-refractivity contribution in [2.24, 2.45) is 5.73 Å². The van der Waals surface area contributed by atoms with Crippen molar-refractivity contribution < 1.29 is 22.5 Å². The predicted octanol–water partition coefficient (Wildman–Crippen LogP) is 3.69. The van der Waals surface area contributed by atoms with E-state index in [1.54, 1.807) is 6.92 Å². The van der Waals surface area contributed by atoms with Gasteiger partial charge < -0.3 is 11.1 Å². The number of halogens is 1. The van der Waals surface area contributed by atoms with Crippen molar-refractivity contribution in [3.8, 4) is 0 Å². The molecule has 0 fully saturated rings. The maximum absolute atomic E-state index is 13.9. The Balaban J connectivity index is 1.98. The molecule has 0 aliphatic carbocycles. The summed E-state index contributed by atoms with van der Waals surface area (Å²) in [5, 5.41) is 14.1. The van der Waals surface area contributed by atoms with Crippen molar-refractivity contribution in [1.29, 1.82) is 0 Å². The minimum absolute atomic E-state index is 0.0317. The first kappa shape index (κ1) is 21.7. The molecule has 0 bridgehead atoms. The second-order valence-corrected chi connectivity index (χ2v) is 8.19. The van der Waals surface area contributed by atoms with E-state index >= 15 is 0 Å². The Hall–Kier alpha value is -3.99. The second-order valence-electron chi connectivity index (χ2n) is 6.54. The highest BCUT2D eigenvalue weighted by atomic mass is 32.2. The van der Waals surface area contributed by atoms with E-state index in [0.29, 0.717) is 5.56 Å². The fourth-order valence-corrected chi connectivity index (χ4v) is 4.15. The number of carbonyl (C=O) groups excluding carboxylic acids is 1. The molecule has 0 radical (unpaired) electrons. The Labute approximate surface area is 176 Å². The highest BCUT2D eigenvalue weighted by molar-refractivity contribution is 7.92. The Kier molecular flexibility index (Phi) is 5.88. The number of carbonyl (C=O) groups is 1. The zero-order valence-corrected chi connectivity index (χ0v) is 16.9. The van der Waals surface area contributed by atoms with Gasteiger partial charge in [-0.05, 0) is 48.9 Å². The first-order chi connectivity index (χ1) is 14.6. The Morgan fingerprint density at radius 3 is 2.42 bits per heavy atom. The van der Waals surface area contributed by atoms with Crippen LogP contribution in [0, 0.1) is 22.9 Å². The maximum atomic E-state index is 13.9. The molecule has 1 amide bonds. The molecule has 0 aliphatic heterocycles. The summed E-state index contributed by atoms with van der Waals surface area (Å²) in [6.07, 6.45) is 0. The number of primary amides is 1. The van der Waals surface area contributed by atoms with Crippen LogP contribution in [0.3, 0.4) is 0 Å². The fourth-order valence-electron chi connectivity index (χ4n) is 2.81. The molecule has 0 atom stereocenters. The number of nitrogens with two attached hydrogens (primary N) is 1. The molecule has 4 N–H and O–H groups in total. The summed E-state index contributed by atoms with van der Waals surface area (Å²) in [6.45, 7) is 1.56. The number of aryl methyl sites for hydroxylation is 1. The van der Waals surface area contributed by atoms with Crippen LogP contribution in [0.1, 0.15) is 15.9 Å². The molecular formula is C20H17FN4O5S. The van der Waals surface area contributed by atoms with Gasteiger partial charge in [0.05, 0.1) is 15.5 Å². The molecule has 0 saturated heterocycles. The van der Waals surface area contributed by atoms with Gasteiger partial charge in [0.25, 0.3) is 15.7 Å². The quantitative estimate of drug-likeness (QED) is 0.374. The van der Waals surface area contributed by atoms with Gasteiger partial charge in [0.1, 0.15) is 11.5 Å². The smallest absolute Gasteiger partial charge is 0.293 e. The zero-order valence-electron chi connectivity index (χ0n) is 16.1. The van der Waals surface area contributed by atoms with E-state index in [9.17, 15) is 27.7 Å². The number of rotatable bonds is 7. The van der Waals surface area contributed by atoms with Gasteiger partial charge in [-0.25, -0.2) is 12.8 Å². The summed E-state index contributed by atoms with van der Waals surface area (Å²) >= 11 is 0. The van der Waals surface area contributed by atoms with Crippen molar-refractivity contribution in [3.05, 3.63) is 87.7 Å². The lowest BCUT2D eigenvalue weighted by Crippen LogP contribution is -2.15. The number of amides is 1. The molecule has 11 heteroatoms. The molecule has 0 aromatic heterocycles. The number of nitro benzene ring substituents is 1. The first-order valence-corrected chi connectivity index (χ1v) is 10.3. The normalized spacial score (nSPS) is 11.0. The molecule has 0 spiro atoms. The van der Waals surface area contributed by atoms with Gasteiger partial charge in [-0.15, -0.1) is 0 Å². The van der Waals surface area contributed by atoms with E-state index in [1.165, 1.54) is 48.5 Å². The maximum Gasteiger partial charge on any atom is 0.293 e. The number of benzene rings is 3. The SMILES string of the molecule is Cc1ccc(Nc2ccc(C(N)=O)cc2[N+](=O)[O-])cc1S(=O)(=O)Nc1ccccc1F. The van der Waals surface area contributed by atoms with Crippen LogP contribution >= 0.6 is 0 Å². The van der Waals surface area contributed by atoms with Crippen LogP contribution in [-0.2, 0) is 10.0 Å². The van der Waals surface area contributed by atoms with Gasteiger partial charge in [-0.2, -0.15) is 0 Å². The van der Waals surface area contributed by atoms with Gasteiger partial charge in [-0.3, -0.25) is 19.6 Å². The van der Waals surface area contributed by atoms with E-state index in [1.807, 2.05) is 0 Å². The third kappa shape index (κ3) is 4.78. The molecule has 0 aliphatic rings. The molecule has 160 valence electrons. The van der Waals surface area contributed by atoms with E-state index in [-0.39, 0.29) is 27.5 Å². The number of anilines is 3. The summed E-state index contributed by atoms with van der Waals surface area (Å²) in [5.41, 5.74) is 5.14. The number of nitrogens with one attached hydrogen (secondary N) is 2. The molecule has 3 aromatic carbocycles. The Morgan fingerprint density at radius 1 is 1.06 bits per heavy atom. The van der Waals surface area contributed by atoms with Gasteiger partial charge in [0.2, 0.25) is 5.91 Å². The molecule has 3 aromatic rings.